The number of hydrogen-bond acceptors (Lipinski definition) is 3. The Labute approximate surface area is 111 Å². The molecular formula is C15H15NO3. The maximum atomic E-state index is 12.1. The van der Waals surface area contributed by atoms with Crippen molar-refractivity contribution in [3.05, 3.63) is 48.0 Å². The van der Waals surface area contributed by atoms with Crippen LogP contribution >= 0.6 is 0 Å². The predicted octanol–water partition coefficient (Wildman–Crippen LogP) is 2.30. The van der Waals surface area contributed by atoms with Gasteiger partial charge in [-0.25, -0.2) is 4.79 Å². The highest BCUT2D eigenvalue weighted by Gasteiger charge is 2.40. The topological polar surface area (TPSA) is 46.6 Å². The molecule has 4 heteroatoms. The number of hydrogen-bond donors (Lipinski definition) is 0. The van der Waals surface area contributed by atoms with Crippen LogP contribution in [0, 0.1) is 0 Å². The molecule has 0 N–H and O–H groups in total. The van der Waals surface area contributed by atoms with Gasteiger partial charge in [0.05, 0.1) is 12.1 Å². The average molecular weight is 257 g/mol. The van der Waals surface area contributed by atoms with Crippen LogP contribution in [0.1, 0.15) is 18.4 Å². The molecule has 2 atom stereocenters. The fourth-order valence-electron chi connectivity index (χ4n) is 2.64. The van der Waals surface area contributed by atoms with E-state index in [1.54, 1.807) is 4.90 Å². The number of carbonyl (C=O) groups excluding carboxylic acids is 2. The van der Waals surface area contributed by atoms with Gasteiger partial charge >= 0.3 is 6.09 Å². The van der Waals surface area contributed by atoms with Crippen LogP contribution in [0.5, 0.6) is 0 Å². The molecule has 1 saturated heterocycles. The van der Waals surface area contributed by atoms with Gasteiger partial charge in [-0.05, 0) is 5.56 Å². The molecule has 0 radical (unpaired) electrons. The van der Waals surface area contributed by atoms with Crippen LogP contribution in [0.3, 0.4) is 0 Å². The van der Waals surface area contributed by atoms with Crippen molar-refractivity contribution in [1.82, 2.24) is 4.90 Å². The summed E-state index contributed by atoms with van der Waals surface area (Å²) in [6.45, 7) is 0.267. The molecule has 1 aromatic rings. The van der Waals surface area contributed by atoms with Crippen molar-refractivity contribution in [3.8, 4) is 0 Å². The molecule has 0 aromatic heterocycles. The highest BCUT2D eigenvalue weighted by atomic mass is 16.6. The summed E-state index contributed by atoms with van der Waals surface area (Å²) in [5.41, 5.74) is 0.962. The number of ketones is 1. The first kappa shape index (κ1) is 12.0. The van der Waals surface area contributed by atoms with E-state index >= 15 is 0 Å². The SMILES string of the molecule is O=C1CC2C=CC(C1)N2C(=O)OCc1ccccc1. The maximum Gasteiger partial charge on any atom is 0.411 e. The maximum absolute atomic E-state index is 12.1. The van der Waals surface area contributed by atoms with Crippen molar-refractivity contribution >= 4 is 11.9 Å². The van der Waals surface area contributed by atoms with Crippen LogP contribution in [-0.4, -0.2) is 28.9 Å². The lowest BCUT2D eigenvalue weighted by atomic mass is 10.0. The Morgan fingerprint density at radius 1 is 1.16 bits per heavy atom. The third-order valence-corrected chi connectivity index (χ3v) is 3.56. The Morgan fingerprint density at radius 3 is 2.42 bits per heavy atom. The molecule has 2 bridgehead atoms. The van der Waals surface area contributed by atoms with Gasteiger partial charge in [-0.2, -0.15) is 0 Å². The van der Waals surface area contributed by atoms with Gasteiger partial charge < -0.3 is 4.74 Å². The van der Waals surface area contributed by atoms with E-state index in [4.69, 9.17) is 4.74 Å². The predicted molar refractivity (Wildman–Crippen MR) is 69.4 cm³/mol. The number of nitrogens with zero attached hydrogens (tertiary/aromatic N) is 1. The number of amides is 1. The van der Waals surface area contributed by atoms with Gasteiger partial charge in [0.1, 0.15) is 12.4 Å². The molecule has 3 rings (SSSR count). The van der Waals surface area contributed by atoms with Crippen molar-refractivity contribution in [2.75, 3.05) is 0 Å². The molecule has 1 amide bonds. The summed E-state index contributed by atoms with van der Waals surface area (Å²) < 4.78 is 5.32. The number of benzene rings is 1. The molecule has 2 heterocycles. The average Bonchev–Trinajstić information content (AvgIpc) is 2.70. The number of fused-ring (bicyclic) bond motifs is 2. The van der Waals surface area contributed by atoms with Crippen LogP contribution in [0.2, 0.25) is 0 Å². The van der Waals surface area contributed by atoms with Crippen molar-refractivity contribution in [1.29, 1.82) is 0 Å². The highest BCUT2D eigenvalue weighted by molar-refractivity contribution is 5.84. The summed E-state index contributed by atoms with van der Waals surface area (Å²) in [7, 11) is 0. The Hall–Kier alpha value is -2.10. The minimum atomic E-state index is -0.337. The number of Topliss-reactive ketones (excluding diaryl/α,β-unsaturated/α-hetero) is 1. The monoisotopic (exact) mass is 257 g/mol. The molecule has 0 aliphatic carbocycles. The van der Waals surface area contributed by atoms with Gasteiger partial charge in [-0.1, -0.05) is 42.5 Å². The third-order valence-electron chi connectivity index (χ3n) is 3.56. The van der Waals surface area contributed by atoms with Gasteiger partial charge in [0, 0.05) is 12.8 Å². The number of rotatable bonds is 2. The molecule has 1 fully saturated rings. The van der Waals surface area contributed by atoms with Gasteiger partial charge in [0.25, 0.3) is 0 Å². The molecule has 19 heavy (non-hydrogen) atoms. The van der Waals surface area contributed by atoms with E-state index in [2.05, 4.69) is 0 Å². The summed E-state index contributed by atoms with van der Waals surface area (Å²) in [5.74, 6) is 0.215. The second kappa shape index (κ2) is 4.88. The number of piperidine rings is 1. The molecule has 4 nitrogen and oxygen atoms in total. The Balaban J connectivity index is 1.61. The quantitative estimate of drug-likeness (QED) is 0.764. The van der Waals surface area contributed by atoms with Crippen LogP contribution in [0.15, 0.2) is 42.5 Å². The molecule has 2 unspecified atom stereocenters. The zero-order chi connectivity index (χ0) is 13.2. The van der Waals surface area contributed by atoms with E-state index in [9.17, 15) is 9.59 Å². The van der Waals surface area contributed by atoms with Gasteiger partial charge in [-0.15, -0.1) is 0 Å². The van der Waals surface area contributed by atoms with Gasteiger partial charge in [0.15, 0.2) is 0 Å². The Kier molecular flexibility index (Phi) is 3.07. The van der Waals surface area contributed by atoms with E-state index < -0.39 is 0 Å². The van der Waals surface area contributed by atoms with Crippen molar-refractivity contribution < 1.29 is 14.3 Å². The summed E-state index contributed by atoms with van der Waals surface area (Å²) >= 11 is 0. The molecule has 0 saturated carbocycles. The van der Waals surface area contributed by atoms with Crippen molar-refractivity contribution in [3.63, 3.8) is 0 Å². The van der Waals surface area contributed by atoms with Crippen LogP contribution in [0.4, 0.5) is 4.79 Å². The van der Waals surface area contributed by atoms with E-state index in [1.165, 1.54) is 0 Å². The standard InChI is InChI=1S/C15H15NO3/c17-14-8-12-6-7-13(9-14)16(12)15(18)19-10-11-4-2-1-3-5-11/h1-7,12-13H,8-10H2. The van der Waals surface area contributed by atoms with Crippen LogP contribution < -0.4 is 0 Å². The fraction of sp³-hybridized carbons (Fsp3) is 0.333. The second-order valence-corrected chi connectivity index (χ2v) is 4.91. The Morgan fingerprint density at radius 2 is 1.79 bits per heavy atom. The third kappa shape index (κ3) is 2.38. The zero-order valence-corrected chi connectivity index (χ0v) is 10.5. The van der Waals surface area contributed by atoms with Gasteiger partial charge in [0.2, 0.25) is 0 Å². The summed E-state index contributed by atoms with van der Waals surface area (Å²) in [6.07, 6.45) is 4.34. The summed E-state index contributed by atoms with van der Waals surface area (Å²) in [5, 5.41) is 0. The summed E-state index contributed by atoms with van der Waals surface area (Å²) in [6, 6.07) is 9.34. The van der Waals surface area contributed by atoms with Crippen LogP contribution in [-0.2, 0) is 16.1 Å². The highest BCUT2D eigenvalue weighted by Crippen LogP contribution is 2.29. The smallest absolute Gasteiger partial charge is 0.411 e. The van der Waals surface area contributed by atoms with E-state index in [-0.39, 0.29) is 30.6 Å². The first-order valence-electron chi connectivity index (χ1n) is 6.43. The van der Waals surface area contributed by atoms with Crippen LogP contribution in [0.25, 0.3) is 0 Å². The molecule has 2 aliphatic heterocycles. The lowest BCUT2D eigenvalue weighted by Gasteiger charge is -2.33. The molecule has 1 aromatic carbocycles. The zero-order valence-electron chi connectivity index (χ0n) is 10.5. The lowest BCUT2D eigenvalue weighted by Crippen LogP contribution is -2.47. The Bertz CT molecular complexity index is 505. The second-order valence-electron chi connectivity index (χ2n) is 4.91. The van der Waals surface area contributed by atoms with E-state index in [0.29, 0.717) is 12.8 Å². The summed E-state index contributed by atoms with van der Waals surface area (Å²) in [4.78, 5) is 25.2. The molecule has 98 valence electrons. The molecule has 0 spiro atoms. The fourth-order valence-corrected chi connectivity index (χ4v) is 2.64. The van der Waals surface area contributed by atoms with Gasteiger partial charge in [-0.3, -0.25) is 9.69 Å². The minimum absolute atomic E-state index is 0.116. The van der Waals surface area contributed by atoms with Crippen molar-refractivity contribution in [2.45, 2.75) is 31.5 Å². The van der Waals surface area contributed by atoms with E-state index in [1.807, 2.05) is 42.5 Å². The first-order valence-corrected chi connectivity index (χ1v) is 6.43. The molecule has 2 aliphatic rings. The normalized spacial score (nSPS) is 24.6. The number of carbonyl (C=O) groups is 2. The largest absolute Gasteiger partial charge is 0.445 e. The molecular weight excluding hydrogens is 242 g/mol. The van der Waals surface area contributed by atoms with Crippen molar-refractivity contribution in [2.24, 2.45) is 0 Å². The number of ether oxygens (including phenoxy) is 1. The minimum Gasteiger partial charge on any atom is -0.445 e. The lowest BCUT2D eigenvalue weighted by molar-refractivity contribution is -0.122. The van der Waals surface area contributed by atoms with E-state index in [0.717, 1.165) is 5.56 Å². The first-order chi connectivity index (χ1) is 9.24.